The van der Waals surface area contributed by atoms with Crippen LogP contribution in [0.4, 0.5) is 4.79 Å². The fraction of sp³-hybridized carbons (Fsp3) is 0.769. The Hall–Kier alpha value is -1.63. The molecular formula is C13H22N2O5. The Labute approximate surface area is 118 Å². The SMILES string of the molecule is CC1CCCC(NC(=O)NC(=O)COCC(=O)O)C1C. The van der Waals surface area contributed by atoms with E-state index in [0.29, 0.717) is 11.8 Å². The van der Waals surface area contributed by atoms with Crippen molar-refractivity contribution in [1.82, 2.24) is 10.6 Å². The molecule has 3 N–H and O–H groups in total. The van der Waals surface area contributed by atoms with Crippen LogP contribution in [0.15, 0.2) is 0 Å². The molecule has 1 aliphatic rings. The van der Waals surface area contributed by atoms with Crippen molar-refractivity contribution >= 4 is 17.9 Å². The highest BCUT2D eigenvalue weighted by Gasteiger charge is 2.28. The summed E-state index contributed by atoms with van der Waals surface area (Å²) in [5, 5.41) is 13.3. The summed E-state index contributed by atoms with van der Waals surface area (Å²) in [6, 6.07) is -0.494. The highest BCUT2D eigenvalue weighted by atomic mass is 16.5. The van der Waals surface area contributed by atoms with E-state index in [1.165, 1.54) is 0 Å². The van der Waals surface area contributed by atoms with Gasteiger partial charge < -0.3 is 15.2 Å². The van der Waals surface area contributed by atoms with Crippen LogP contribution in [0.25, 0.3) is 0 Å². The largest absolute Gasteiger partial charge is 0.480 e. The molecule has 0 heterocycles. The van der Waals surface area contributed by atoms with Crippen LogP contribution in [0.2, 0.25) is 0 Å². The zero-order valence-corrected chi connectivity index (χ0v) is 11.8. The van der Waals surface area contributed by atoms with Crippen LogP contribution in [0, 0.1) is 11.8 Å². The Morgan fingerprint density at radius 2 is 1.90 bits per heavy atom. The minimum atomic E-state index is -1.16. The Morgan fingerprint density at radius 3 is 2.55 bits per heavy atom. The number of hydrogen-bond acceptors (Lipinski definition) is 4. The minimum absolute atomic E-state index is 0.0616. The van der Waals surface area contributed by atoms with Crippen molar-refractivity contribution in [2.24, 2.45) is 11.8 Å². The van der Waals surface area contributed by atoms with E-state index in [1.54, 1.807) is 0 Å². The van der Waals surface area contributed by atoms with Gasteiger partial charge in [-0.2, -0.15) is 0 Å². The van der Waals surface area contributed by atoms with Gasteiger partial charge in [-0.05, 0) is 18.3 Å². The summed E-state index contributed by atoms with van der Waals surface area (Å²) in [6.45, 7) is 3.23. The molecule has 0 aromatic carbocycles. The van der Waals surface area contributed by atoms with Crippen molar-refractivity contribution in [3.63, 3.8) is 0 Å². The molecule has 114 valence electrons. The van der Waals surface area contributed by atoms with E-state index in [1.807, 2.05) is 0 Å². The van der Waals surface area contributed by atoms with Crippen molar-refractivity contribution in [1.29, 1.82) is 0 Å². The summed E-state index contributed by atoms with van der Waals surface area (Å²) >= 11 is 0. The molecule has 0 bridgehead atoms. The average Bonchev–Trinajstić information content (AvgIpc) is 2.34. The molecule has 7 nitrogen and oxygen atoms in total. The van der Waals surface area contributed by atoms with Crippen LogP contribution < -0.4 is 10.6 Å². The third-order valence-corrected chi connectivity index (χ3v) is 3.73. The maximum absolute atomic E-state index is 11.7. The first-order valence-electron chi connectivity index (χ1n) is 6.80. The number of hydrogen-bond donors (Lipinski definition) is 3. The van der Waals surface area contributed by atoms with Gasteiger partial charge in [-0.3, -0.25) is 10.1 Å². The third kappa shape index (κ3) is 5.56. The van der Waals surface area contributed by atoms with E-state index < -0.39 is 31.1 Å². The number of imide groups is 1. The molecule has 7 heteroatoms. The fourth-order valence-corrected chi connectivity index (χ4v) is 2.38. The van der Waals surface area contributed by atoms with Crippen LogP contribution in [0.3, 0.4) is 0 Å². The van der Waals surface area contributed by atoms with Gasteiger partial charge in [-0.1, -0.05) is 26.7 Å². The Bertz CT molecular complexity index is 372. The monoisotopic (exact) mass is 286 g/mol. The molecule has 20 heavy (non-hydrogen) atoms. The highest BCUT2D eigenvalue weighted by molar-refractivity contribution is 5.95. The van der Waals surface area contributed by atoms with Crippen molar-refractivity contribution in [3.05, 3.63) is 0 Å². The summed E-state index contributed by atoms with van der Waals surface area (Å²) in [5.41, 5.74) is 0. The van der Waals surface area contributed by atoms with Gasteiger partial charge in [0.05, 0.1) is 0 Å². The zero-order valence-electron chi connectivity index (χ0n) is 11.8. The topological polar surface area (TPSA) is 105 Å². The molecule has 1 aliphatic carbocycles. The first-order valence-corrected chi connectivity index (χ1v) is 6.80. The summed E-state index contributed by atoms with van der Waals surface area (Å²) in [4.78, 5) is 33.2. The van der Waals surface area contributed by atoms with Gasteiger partial charge in [0.2, 0.25) is 0 Å². The maximum Gasteiger partial charge on any atom is 0.329 e. The Morgan fingerprint density at radius 1 is 1.20 bits per heavy atom. The van der Waals surface area contributed by atoms with Crippen molar-refractivity contribution in [2.75, 3.05) is 13.2 Å². The summed E-state index contributed by atoms with van der Waals surface area (Å²) in [6.07, 6.45) is 3.12. The predicted molar refractivity (Wildman–Crippen MR) is 71.1 cm³/mol. The molecule has 3 atom stereocenters. The molecule has 3 unspecified atom stereocenters. The van der Waals surface area contributed by atoms with Crippen LogP contribution in [-0.2, 0) is 14.3 Å². The number of carboxylic acid groups (broad SMARTS) is 1. The normalized spacial score (nSPS) is 25.8. The third-order valence-electron chi connectivity index (χ3n) is 3.73. The molecule has 0 radical (unpaired) electrons. The highest BCUT2D eigenvalue weighted by Crippen LogP contribution is 2.29. The second-order valence-electron chi connectivity index (χ2n) is 5.28. The number of aliphatic carboxylic acids is 1. The quantitative estimate of drug-likeness (QED) is 0.691. The van der Waals surface area contributed by atoms with Crippen LogP contribution in [0.5, 0.6) is 0 Å². The number of carbonyl (C=O) groups is 3. The van der Waals surface area contributed by atoms with Crippen molar-refractivity contribution < 1.29 is 24.2 Å². The summed E-state index contributed by atoms with van der Waals surface area (Å²) < 4.78 is 4.59. The summed E-state index contributed by atoms with van der Waals surface area (Å²) in [5.74, 6) is -0.899. The van der Waals surface area contributed by atoms with E-state index in [4.69, 9.17) is 5.11 Å². The number of carboxylic acids is 1. The van der Waals surface area contributed by atoms with Crippen LogP contribution >= 0.6 is 0 Å². The second-order valence-corrected chi connectivity index (χ2v) is 5.28. The standard InChI is InChI=1S/C13H22N2O5/c1-8-4-3-5-10(9(8)2)14-13(19)15-11(16)6-20-7-12(17)18/h8-10H,3-7H2,1-2H3,(H,17,18)(H2,14,15,16,19). The van der Waals surface area contributed by atoms with Gasteiger partial charge in [0, 0.05) is 6.04 Å². The first-order chi connectivity index (χ1) is 9.40. The molecule has 3 amide bonds. The second kappa shape index (κ2) is 7.84. The van der Waals surface area contributed by atoms with Gasteiger partial charge in [-0.25, -0.2) is 9.59 Å². The lowest BCUT2D eigenvalue weighted by molar-refractivity contribution is -0.143. The number of carbonyl (C=O) groups excluding carboxylic acids is 2. The predicted octanol–water partition coefficient (Wildman–Crippen LogP) is 0.738. The molecule has 0 saturated heterocycles. The summed E-state index contributed by atoms with van der Waals surface area (Å²) in [7, 11) is 0. The molecule has 0 aromatic heterocycles. The lowest BCUT2D eigenvalue weighted by Crippen LogP contribution is -2.49. The molecule has 1 fully saturated rings. The van der Waals surface area contributed by atoms with Crippen LogP contribution in [-0.4, -0.2) is 42.3 Å². The minimum Gasteiger partial charge on any atom is -0.480 e. The molecule has 1 saturated carbocycles. The zero-order chi connectivity index (χ0) is 15.1. The molecule has 0 aromatic rings. The number of ether oxygens (including phenoxy) is 1. The van der Waals surface area contributed by atoms with E-state index in [2.05, 4.69) is 29.2 Å². The fourth-order valence-electron chi connectivity index (χ4n) is 2.38. The van der Waals surface area contributed by atoms with Gasteiger partial charge in [0.1, 0.15) is 13.2 Å². The number of nitrogens with one attached hydrogen (secondary N) is 2. The van der Waals surface area contributed by atoms with E-state index in [9.17, 15) is 14.4 Å². The van der Waals surface area contributed by atoms with Gasteiger partial charge >= 0.3 is 12.0 Å². The van der Waals surface area contributed by atoms with Crippen molar-refractivity contribution in [3.8, 4) is 0 Å². The Balaban J connectivity index is 2.28. The van der Waals surface area contributed by atoms with Gasteiger partial charge in [-0.15, -0.1) is 0 Å². The molecule has 0 spiro atoms. The number of rotatable bonds is 5. The lowest BCUT2D eigenvalue weighted by atomic mass is 9.78. The van der Waals surface area contributed by atoms with Gasteiger partial charge in [0.25, 0.3) is 5.91 Å². The maximum atomic E-state index is 11.7. The van der Waals surface area contributed by atoms with E-state index in [-0.39, 0.29) is 6.04 Å². The van der Waals surface area contributed by atoms with E-state index in [0.717, 1.165) is 19.3 Å². The first kappa shape index (κ1) is 16.4. The lowest BCUT2D eigenvalue weighted by Gasteiger charge is -2.34. The Kier molecular flexibility index (Phi) is 6.44. The molecular weight excluding hydrogens is 264 g/mol. The molecule has 0 aliphatic heterocycles. The van der Waals surface area contributed by atoms with Crippen LogP contribution in [0.1, 0.15) is 33.1 Å². The number of amides is 3. The van der Waals surface area contributed by atoms with E-state index >= 15 is 0 Å². The molecule has 1 rings (SSSR count). The number of urea groups is 1. The smallest absolute Gasteiger partial charge is 0.329 e. The van der Waals surface area contributed by atoms with Gasteiger partial charge in [0.15, 0.2) is 0 Å². The average molecular weight is 286 g/mol. The van der Waals surface area contributed by atoms with Crippen molar-refractivity contribution in [2.45, 2.75) is 39.2 Å².